The van der Waals surface area contributed by atoms with Gasteiger partial charge in [-0.2, -0.15) is 4.52 Å². The van der Waals surface area contributed by atoms with Gasteiger partial charge in [0.25, 0.3) is 5.91 Å². The molecule has 3 aromatic heterocycles. The van der Waals surface area contributed by atoms with Crippen LogP contribution in [0.4, 0.5) is 5.82 Å². The molecule has 1 saturated heterocycles. The molecule has 134 valence electrons. The fourth-order valence-corrected chi connectivity index (χ4v) is 3.40. The Morgan fingerprint density at radius 1 is 1.04 bits per heavy atom. The highest BCUT2D eigenvalue weighted by Crippen LogP contribution is 2.18. The molecule has 0 unspecified atom stereocenters. The number of aromatic nitrogens is 6. The molecule has 0 N–H and O–H groups in total. The molecule has 0 radical (unpaired) electrons. The third kappa shape index (κ3) is 2.73. The third-order valence-electron chi connectivity index (χ3n) is 4.83. The number of nitrogens with zero attached hydrogens (tertiary/aromatic N) is 8. The summed E-state index contributed by atoms with van der Waals surface area (Å²) in [5.41, 5.74) is 2.10. The zero-order chi connectivity index (χ0) is 18.2. The molecule has 9 nitrogen and oxygen atoms in total. The maximum absolute atomic E-state index is 12.9. The van der Waals surface area contributed by atoms with Crippen LogP contribution in [0.5, 0.6) is 0 Å². The molecule has 0 bridgehead atoms. The zero-order valence-corrected chi connectivity index (χ0v) is 14.4. The van der Waals surface area contributed by atoms with E-state index in [2.05, 4.69) is 30.4 Å². The second-order valence-electron chi connectivity index (χ2n) is 6.40. The fourth-order valence-electron chi connectivity index (χ4n) is 3.40. The highest BCUT2D eigenvalue weighted by Gasteiger charge is 2.24. The molecule has 27 heavy (non-hydrogen) atoms. The SMILES string of the molecule is O=C(c1ccc2cccnc2c1)N1CCN(c2cncc3nnnn23)CC1. The Hall–Kier alpha value is -3.62. The van der Waals surface area contributed by atoms with Crippen LogP contribution < -0.4 is 4.90 Å². The first-order valence-corrected chi connectivity index (χ1v) is 8.71. The lowest BCUT2D eigenvalue weighted by Gasteiger charge is -2.35. The molecule has 1 aliphatic heterocycles. The van der Waals surface area contributed by atoms with Crippen LogP contribution in [0.3, 0.4) is 0 Å². The molecular weight excluding hydrogens is 344 g/mol. The van der Waals surface area contributed by atoms with Gasteiger partial charge in [-0.1, -0.05) is 12.1 Å². The van der Waals surface area contributed by atoms with Crippen LogP contribution in [-0.4, -0.2) is 67.0 Å². The molecule has 1 amide bonds. The number of fused-ring (bicyclic) bond motifs is 2. The van der Waals surface area contributed by atoms with Crippen LogP contribution in [0, 0.1) is 0 Å². The number of hydrogen-bond acceptors (Lipinski definition) is 7. The van der Waals surface area contributed by atoms with Gasteiger partial charge in [0, 0.05) is 43.3 Å². The summed E-state index contributed by atoms with van der Waals surface area (Å²) in [7, 11) is 0. The molecule has 1 fully saturated rings. The smallest absolute Gasteiger partial charge is 0.254 e. The van der Waals surface area contributed by atoms with Crippen molar-refractivity contribution < 1.29 is 4.79 Å². The molecule has 4 heterocycles. The molecule has 1 aromatic carbocycles. The lowest BCUT2D eigenvalue weighted by molar-refractivity contribution is 0.0746. The average molecular weight is 360 g/mol. The number of rotatable bonds is 2. The van der Waals surface area contributed by atoms with E-state index in [1.807, 2.05) is 35.2 Å². The van der Waals surface area contributed by atoms with Gasteiger partial charge in [0.2, 0.25) is 0 Å². The van der Waals surface area contributed by atoms with Crippen LogP contribution in [0.15, 0.2) is 48.9 Å². The Kier molecular flexibility index (Phi) is 3.63. The van der Waals surface area contributed by atoms with E-state index >= 15 is 0 Å². The minimum absolute atomic E-state index is 0.0287. The number of benzene rings is 1. The van der Waals surface area contributed by atoms with Gasteiger partial charge in [-0.25, -0.2) is 0 Å². The van der Waals surface area contributed by atoms with Gasteiger partial charge >= 0.3 is 0 Å². The molecule has 9 heteroatoms. The van der Waals surface area contributed by atoms with Crippen molar-refractivity contribution >= 4 is 28.3 Å². The molecule has 0 saturated carbocycles. The summed E-state index contributed by atoms with van der Waals surface area (Å²) in [6.07, 6.45) is 5.11. The van der Waals surface area contributed by atoms with E-state index in [0.29, 0.717) is 37.4 Å². The normalized spacial score (nSPS) is 14.8. The van der Waals surface area contributed by atoms with Gasteiger partial charge < -0.3 is 9.80 Å². The number of carbonyl (C=O) groups excluding carboxylic acids is 1. The summed E-state index contributed by atoms with van der Waals surface area (Å²) in [6, 6.07) is 9.54. The quantitative estimate of drug-likeness (QED) is 0.527. The number of piperazine rings is 1. The number of carbonyl (C=O) groups is 1. The predicted octanol–water partition coefficient (Wildman–Crippen LogP) is 1.03. The topological polar surface area (TPSA) is 92.4 Å². The molecule has 1 aliphatic rings. The number of amides is 1. The van der Waals surface area contributed by atoms with Crippen LogP contribution in [0.25, 0.3) is 16.6 Å². The third-order valence-corrected chi connectivity index (χ3v) is 4.83. The largest absolute Gasteiger partial charge is 0.352 e. The van der Waals surface area contributed by atoms with Crippen LogP contribution in [0.2, 0.25) is 0 Å². The summed E-state index contributed by atoms with van der Waals surface area (Å²) < 4.78 is 1.67. The van der Waals surface area contributed by atoms with Crippen molar-refractivity contribution in [2.45, 2.75) is 0 Å². The maximum Gasteiger partial charge on any atom is 0.254 e. The number of anilines is 1. The molecule has 4 aromatic rings. The average Bonchev–Trinajstić information content (AvgIpc) is 3.22. The van der Waals surface area contributed by atoms with Crippen molar-refractivity contribution in [1.29, 1.82) is 0 Å². The van der Waals surface area contributed by atoms with E-state index in [-0.39, 0.29) is 5.91 Å². The minimum atomic E-state index is 0.0287. The number of hydrogen-bond donors (Lipinski definition) is 0. The lowest BCUT2D eigenvalue weighted by Crippen LogP contribution is -2.49. The van der Waals surface area contributed by atoms with Gasteiger partial charge in [-0.15, -0.1) is 5.10 Å². The van der Waals surface area contributed by atoms with Gasteiger partial charge in [0.1, 0.15) is 0 Å². The second-order valence-corrected chi connectivity index (χ2v) is 6.40. The summed E-state index contributed by atoms with van der Waals surface area (Å²) >= 11 is 0. The van der Waals surface area contributed by atoms with Crippen molar-refractivity contribution in [2.24, 2.45) is 0 Å². The van der Waals surface area contributed by atoms with Crippen LogP contribution >= 0.6 is 0 Å². The van der Waals surface area contributed by atoms with E-state index < -0.39 is 0 Å². The lowest BCUT2D eigenvalue weighted by atomic mass is 10.1. The zero-order valence-electron chi connectivity index (χ0n) is 14.4. The van der Waals surface area contributed by atoms with E-state index in [4.69, 9.17) is 0 Å². The molecule has 5 rings (SSSR count). The number of tetrazole rings is 1. The Morgan fingerprint density at radius 3 is 2.81 bits per heavy atom. The molecule has 0 atom stereocenters. The molecule has 0 spiro atoms. The van der Waals surface area contributed by atoms with Crippen molar-refractivity contribution in [3.63, 3.8) is 0 Å². The number of pyridine rings is 1. The van der Waals surface area contributed by atoms with Gasteiger partial charge in [0.05, 0.1) is 17.9 Å². The van der Waals surface area contributed by atoms with Crippen LogP contribution in [0.1, 0.15) is 10.4 Å². The van der Waals surface area contributed by atoms with E-state index in [0.717, 1.165) is 16.7 Å². The van der Waals surface area contributed by atoms with Gasteiger partial charge in [0.15, 0.2) is 11.5 Å². The van der Waals surface area contributed by atoms with Crippen molar-refractivity contribution in [3.8, 4) is 0 Å². The van der Waals surface area contributed by atoms with E-state index in [1.165, 1.54) is 0 Å². The first-order valence-electron chi connectivity index (χ1n) is 8.71. The van der Waals surface area contributed by atoms with Crippen molar-refractivity contribution in [2.75, 3.05) is 31.1 Å². The molecule has 0 aliphatic carbocycles. The summed E-state index contributed by atoms with van der Waals surface area (Å²) in [5.74, 6) is 0.862. The summed E-state index contributed by atoms with van der Waals surface area (Å²) in [6.45, 7) is 2.63. The van der Waals surface area contributed by atoms with E-state index in [9.17, 15) is 4.79 Å². The first-order chi connectivity index (χ1) is 13.3. The standard InChI is InChI=1S/C18H16N8O/c27-18(14-4-3-13-2-1-5-20-15(13)10-14)25-8-6-24(7-9-25)17-12-19-11-16-21-22-23-26(16)17/h1-5,10-12H,6-9H2. The van der Waals surface area contributed by atoms with Gasteiger partial charge in [-0.05, 0) is 28.6 Å². The highest BCUT2D eigenvalue weighted by molar-refractivity contribution is 5.97. The molecular formula is C18H16N8O. The van der Waals surface area contributed by atoms with Gasteiger partial charge in [-0.3, -0.25) is 14.8 Å². The predicted molar refractivity (Wildman–Crippen MR) is 98.4 cm³/mol. The van der Waals surface area contributed by atoms with Crippen LogP contribution in [-0.2, 0) is 0 Å². The minimum Gasteiger partial charge on any atom is -0.352 e. The Morgan fingerprint density at radius 2 is 1.93 bits per heavy atom. The highest BCUT2D eigenvalue weighted by atomic mass is 16.2. The second kappa shape index (κ2) is 6.27. The Bertz CT molecular complexity index is 1130. The van der Waals surface area contributed by atoms with Crippen molar-refractivity contribution in [1.82, 2.24) is 34.9 Å². The summed E-state index contributed by atoms with van der Waals surface area (Å²) in [4.78, 5) is 25.4. The Labute approximate surface area is 154 Å². The van der Waals surface area contributed by atoms with E-state index in [1.54, 1.807) is 23.1 Å². The monoisotopic (exact) mass is 360 g/mol. The Balaban J connectivity index is 1.33. The van der Waals surface area contributed by atoms with Crippen molar-refractivity contribution in [3.05, 3.63) is 54.5 Å². The maximum atomic E-state index is 12.9. The fraction of sp³-hybridized carbons (Fsp3) is 0.222. The summed E-state index contributed by atoms with van der Waals surface area (Å²) in [5, 5.41) is 12.7. The first kappa shape index (κ1) is 15.6.